The van der Waals surface area contributed by atoms with Crippen LogP contribution in [0.3, 0.4) is 0 Å². The summed E-state index contributed by atoms with van der Waals surface area (Å²) in [7, 11) is 0. The van der Waals surface area contributed by atoms with Gasteiger partial charge in [-0.2, -0.15) is 0 Å². The van der Waals surface area contributed by atoms with Crippen molar-refractivity contribution in [3.63, 3.8) is 0 Å². The Hall–Kier alpha value is -2.07. The maximum absolute atomic E-state index is 10.7. The first kappa shape index (κ1) is 12.0. The number of non-ortho nitro benzene ring substituents is 1. The summed E-state index contributed by atoms with van der Waals surface area (Å²) in [6, 6.07) is 12.4. The normalized spacial score (nSPS) is 13.4. The largest absolute Gasteiger partial charge is 0.340 e. The molecule has 19 heavy (non-hydrogen) atoms. The molecule has 0 radical (unpaired) electrons. The molecule has 0 unspecified atom stereocenters. The summed E-state index contributed by atoms with van der Waals surface area (Å²) in [5, 5.41) is 11.4. The van der Waals surface area contributed by atoms with Crippen LogP contribution in [0.1, 0.15) is 5.56 Å². The zero-order chi connectivity index (χ0) is 13.4. The number of para-hydroxylation sites is 1. The van der Waals surface area contributed by atoms with E-state index in [2.05, 4.69) is 11.0 Å². The lowest BCUT2D eigenvalue weighted by Crippen LogP contribution is -2.13. The summed E-state index contributed by atoms with van der Waals surface area (Å²) in [5.74, 6) is 0. The number of hydrogen-bond acceptors (Lipinski definition) is 3. The van der Waals surface area contributed by atoms with Gasteiger partial charge in [-0.1, -0.05) is 23.7 Å². The highest BCUT2D eigenvalue weighted by atomic mass is 35.5. The fourth-order valence-electron chi connectivity index (χ4n) is 2.42. The Morgan fingerprint density at radius 2 is 1.89 bits per heavy atom. The number of nitro benzene ring substituents is 1. The maximum atomic E-state index is 10.7. The van der Waals surface area contributed by atoms with Gasteiger partial charge >= 0.3 is 0 Å². The highest BCUT2D eigenvalue weighted by Gasteiger charge is 2.23. The first-order valence-electron chi connectivity index (χ1n) is 5.96. The van der Waals surface area contributed by atoms with Crippen LogP contribution in [0.2, 0.25) is 5.02 Å². The van der Waals surface area contributed by atoms with E-state index >= 15 is 0 Å². The van der Waals surface area contributed by atoms with E-state index in [0.29, 0.717) is 5.02 Å². The van der Waals surface area contributed by atoms with E-state index in [0.717, 1.165) is 24.3 Å². The topological polar surface area (TPSA) is 46.4 Å². The van der Waals surface area contributed by atoms with E-state index in [1.165, 1.54) is 17.7 Å². The fourth-order valence-corrected chi connectivity index (χ4v) is 2.72. The lowest BCUT2D eigenvalue weighted by molar-refractivity contribution is -0.384. The summed E-state index contributed by atoms with van der Waals surface area (Å²) < 4.78 is 0. The van der Waals surface area contributed by atoms with Gasteiger partial charge in [-0.3, -0.25) is 10.1 Å². The molecule has 1 heterocycles. The third-order valence-corrected chi connectivity index (χ3v) is 3.62. The van der Waals surface area contributed by atoms with E-state index < -0.39 is 4.92 Å². The van der Waals surface area contributed by atoms with Crippen LogP contribution in [-0.2, 0) is 6.42 Å². The van der Waals surface area contributed by atoms with Gasteiger partial charge in [0.15, 0.2) is 0 Å². The molecule has 3 rings (SSSR count). The molecule has 4 nitrogen and oxygen atoms in total. The Bertz CT molecular complexity index is 640. The summed E-state index contributed by atoms with van der Waals surface area (Å²) >= 11 is 6.25. The van der Waals surface area contributed by atoms with Crippen LogP contribution in [-0.4, -0.2) is 11.5 Å². The van der Waals surface area contributed by atoms with Gasteiger partial charge in [-0.05, 0) is 30.2 Å². The smallest absolute Gasteiger partial charge is 0.269 e. The third-order valence-electron chi connectivity index (χ3n) is 3.32. The Morgan fingerprint density at radius 1 is 1.16 bits per heavy atom. The minimum atomic E-state index is -0.394. The first-order chi connectivity index (χ1) is 9.16. The molecule has 0 fully saturated rings. The molecule has 96 valence electrons. The number of rotatable bonds is 2. The van der Waals surface area contributed by atoms with Crippen molar-refractivity contribution in [1.29, 1.82) is 0 Å². The monoisotopic (exact) mass is 274 g/mol. The first-order valence-corrected chi connectivity index (χ1v) is 6.34. The molecule has 0 bridgehead atoms. The number of anilines is 2. The molecular weight excluding hydrogens is 264 g/mol. The quantitative estimate of drug-likeness (QED) is 0.615. The molecule has 0 aromatic heterocycles. The van der Waals surface area contributed by atoms with E-state index in [1.807, 2.05) is 12.1 Å². The minimum Gasteiger partial charge on any atom is -0.340 e. The zero-order valence-electron chi connectivity index (χ0n) is 10.0. The Kier molecular flexibility index (Phi) is 2.87. The lowest BCUT2D eigenvalue weighted by Gasteiger charge is -2.20. The average molecular weight is 275 g/mol. The van der Waals surface area contributed by atoms with Gasteiger partial charge in [0.1, 0.15) is 0 Å². The molecule has 2 aromatic carbocycles. The number of fused-ring (bicyclic) bond motifs is 1. The SMILES string of the molecule is O=[N+]([O-])c1ccc(N2CCc3cccc(Cl)c32)cc1. The molecule has 1 aliphatic rings. The fraction of sp³-hybridized carbons (Fsp3) is 0.143. The number of halogens is 1. The van der Waals surface area contributed by atoms with Gasteiger partial charge in [-0.25, -0.2) is 0 Å². The summed E-state index contributed by atoms with van der Waals surface area (Å²) in [6.45, 7) is 0.844. The number of hydrogen-bond donors (Lipinski definition) is 0. The van der Waals surface area contributed by atoms with Gasteiger partial charge in [0.05, 0.1) is 15.6 Å². The third kappa shape index (κ3) is 2.04. The highest BCUT2D eigenvalue weighted by molar-refractivity contribution is 6.33. The molecular formula is C14H11ClN2O2. The van der Waals surface area contributed by atoms with E-state index in [1.54, 1.807) is 12.1 Å². The van der Waals surface area contributed by atoms with Gasteiger partial charge in [0.25, 0.3) is 5.69 Å². The van der Waals surface area contributed by atoms with Gasteiger partial charge < -0.3 is 4.90 Å². The predicted molar refractivity (Wildman–Crippen MR) is 75.3 cm³/mol. The van der Waals surface area contributed by atoms with Crippen molar-refractivity contribution in [2.24, 2.45) is 0 Å². The average Bonchev–Trinajstić information content (AvgIpc) is 2.84. The maximum Gasteiger partial charge on any atom is 0.269 e. The van der Waals surface area contributed by atoms with Crippen molar-refractivity contribution in [1.82, 2.24) is 0 Å². The molecule has 0 spiro atoms. The summed E-state index contributed by atoms with van der Waals surface area (Å²) in [5.41, 5.74) is 3.25. The van der Waals surface area contributed by atoms with Crippen LogP contribution in [0.25, 0.3) is 0 Å². The summed E-state index contributed by atoms with van der Waals surface area (Å²) in [6.07, 6.45) is 0.937. The molecule has 0 aliphatic carbocycles. The second kappa shape index (κ2) is 4.55. The number of benzene rings is 2. The van der Waals surface area contributed by atoms with Crippen molar-refractivity contribution in [2.75, 3.05) is 11.4 Å². The molecule has 0 N–H and O–H groups in total. The van der Waals surface area contributed by atoms with Crippen LogP contribution in [0.4, 0.5) is 17.1 Å². The molecule has 0 saturated carbocycles. The predicted octanol–water partition coefficient (Wildman–Crippen LogP) is 3.94. The van der Waals surface area contributed by atoms with E-state index in [4.69, 9.17) is 11.6 Å². The Labute approximate surface area is 115 Å². The lowest BCUT2D eigenvalue weighted by atomic mass is 10.2. The van der Waals surface area contributed by atoms with Crippen molar-refractivity contribution < 1.29 is 4.92 Å². The Morgan fingerprint density at radius 3 is 2.58 bits per heavy atom. The van der Waals surface area contributed by atoms with Crippen molar-refractivity contribution >= 4 is 28.7 Å². The van der Waals surface area contributed by atoms with Gasteiger partial charge in [0.2, 0.25) is 0 Å². The second-order valence-corrected chi connectivity index (χ2v) is 4.83. The number of nitrogens with zero attached hydrogens (tertiary/aromatic N) is 2. The van der Waals surface area contributed by atoms with Gasteiger partial charge in [0, 0.05) is 24.4 Å². The minimum absolute atomic E-state index is 0.0994. The van der Waals surface area contributed by atoms with Crippen LogP contribution < -0.4 is 4.90 Å². The molecule has 5 heteroatoms. The van der Waals surface area contributed by atoms with Crippen LogP contribution in [0, 0.1) is 10.1 Å². The highest BCUT2D eigenvalue weighted by Crippen LogP contribution is 2.39. The molecule has 2 aromatic rings. The van der Waals surface area contributed by atoms with Crippen LogP contribution in [0.5, 0.6) is 0 Å². The van der Waals surface area contributed by atoms with Crippen molar-refractivity contribution in [3.05, 3.63) is 63.2 Å². The molecule has 1 aliphatic heterocycles. The van der Waals surface area contributed by atoms with Crippen molar-refractivity contribution in [2.45, 2.75) is 6.42 Å². The molecule has 0 saturated heterocycles. The van der Waals surface area contributed by atoms with Crippen LogP contribution >= 0.6 is 11.6 Å². The summed E-state index contributed by atoms with van der Waals surface area (Å²) in [4.78, 5) is 12.4. The molecule has 0 atom stereocenters. The van der Waals surface area contributed by atoms with E-state index in [-0.39, 0.29) is 5.69 Å². The molecule has 0 amide bonds. The zero-order valence-corrected chi connectivity index (χ0v) is 10.8. The second-order valence-electron chi connectivity index (χ2n) is 4.42. The standard InChI is InChI=1S/C14H11ClN2O2/c15-13-3-1-2-10-8-9-16(14(10)13)11-4-6-12(7-5-11)17(18)19/h1-7H,8-9H2. The Balaban J connectivity index is 2.00. The van der Waals surface area contributed by atoms with Crippen LogP contribution in [0.15, 0.2) is 42.5 Å². The van der Waals surface area contributed by atoms with Crippen molar-refractivity contribution in [3.8, 4) is 0 Å². The van der Waals surface area contributed by atoms with Gasteiger partial charge in [-0.15, -0.1) is 0 Å². The van der Waals surface area contributed by atoms with E-state index in [9.17, 15) is 10.1 Å². The number of nitro groups is 1.